The summed E-state index contributed by atoms with van der Waals surface area (Å²) in [6, 6.07) is 19.8. The van der Waals surface area contributed by atoms with Crippen molar-refractivity contribution in [3.63, 3.8) is 0 Å². The minimum Gasteiger partial charge on any atom is -0.337 e. The van der Waals surface area contributed by atoms with E-state index in [1.807, 2.05) is 12.4 Å². The topological polar surface area (TPSA) is 33.1 Å². The summed E-state index contributed by atoms with van der Waals surface area (Å²) >= 11 is 0. The summed E-state index contributed by atoms with van der Waals surface area (Å²) in [5.74, 6) is 1.13. The lowest BCUT2D eigenvalue weighted by atomic mass is 10.0. The number of hydrogen-bond acceptors (Lipinski definition) is 3. The van der Waals surface area contributed by atoms with Gasteiger partial charge in [-0.15, -0.1) is 0 Å². The summed E-state index contributed by atoms with van der Waals surface area (Å²) in [6.07, 6.45) is 3.91. The van der Waals surface area contributed by atoms with Gasteiger partial charge in [-0.25, -0.2) is 4.98 Å². The standard InChI is InChI=1S/C21H24N4/c1-24-13-12-23-21(24)20-15-22-11-14-25(20)16-17-7-9-19(10-8-17)18-5-3-2-4-6-18/h2-10,12-13,20,22H,11,14-16H2,1H3. The molecular weight excluding hydrogens is 308 g/mol. The summed E-state index contributed by atoms with van der Waals surface area (Å²) in [6.45, 7) is 3.97. The Labute approximate surface area is 149 Å². The fourth-order valence-corrected chi connectivity index (χ4v) is 3.56. The fraction of sp³-hybridized carbons (Fsp3) is 0.286. The van der Waals surface area contributed by atoms with Gasteiger partial charge in [0.05, 0.1) is 6.04 Å². The van der Waals surface area contributed by atoms with Crippen molar-refractivity contribution in [2.75, 3.05) is 19.6 Å². The zero-order valence-electron chi connectivity index (χ0n) is 14.6. The summed E-state index contributed by atoms with van der Waals surface area (Å²) < 4.78 is 2.13. The van der Waals surface area contributed by atoms with E-state index >= 15 is 0 Å². The Balaban J connectivity index is 1.51. The molecule has 0 bridgehead atoms. The van der Waals surface area contributed by atoms with Crippen LogP contribution in [0.3, 0.4) is 0 Å². The van der Waals surface area contributed by atoms with Crippen molar-refractivity contribution in [2.24, 2.45) is 7.05 Å². The van der Waals surface area contributed by atoms with E-state index in [1.54, 1.807) is 0 Å². The van der Waals surface area contributed by atoms with Gasteiger partial charge in [-0.05, 0) is 16.7 Å². The molecule has 1 unspecified atom stereocenters. The molecule has 1 fully saturated rings. The van der Waals surface area contributed by atoms with E-state index in [-0.39, 0.29) is 0 Å². The van der Waals surface area contributed by atoms with Crippen LogP contribution in [-0.4, -0.2) is 34.1 Å². The van der Waals surface area contributed by atoms with Crippen LogP contribution >= 0.6 is 0 Å². The largest absolute Gasteiger partial charge is 0.337 e. The molecule has 25 heavy (non-hydrogen) atoms. The molecule has 4 heteroatoms. The van der Waals surface area contributed by atoms with Gasteiger partial charge in [-0.1, -0.05) is 54.6 Å². The molecule has 1 N–H and O–H groups in total. The number of aromatic nitrogens is 2. The first-order chi connectivity index (χ1) is 12.3. The van der Waals surface area contributed by atoms with Crippen LogP contribution in [0, 0.1) is 0 Å². The van der Waals surface area contributed by atoms with Crippen molar-refractivity contribution in [2.45, 2.75) is 12.6 Å². The first-order valence-electron chi connectivity index (χ1n) is 8.87. The number of rotatable bonds is 4. The second-order valence-corrected chi connectivity index (χ2v) is 6.65. The van der Waals surface area contributed by atoms with Crippen LogP contribution in [0.15, 0.2) is 67.0 Å². The van der Waals surface area contributed by atoms with Crippen molar-refractivity contribution in [3.8, 4) is 11.1 Å². The number of imidazole rings is 1. The predicted octanol–water partition coefficient (Wildman–Crippen LogP) is 3.23. The van der Waals surface area contributed by atoms with Crippen molar-refractivity contribution < 1.29 is 0 Å². The van der Waals surface area contributed by atoms with Gasteiger partial charge in [0.1, 0.15) is 5.82 Å². The Kier molecular flexibility index (Phi) is 4.63. The Morgan fingerprint density at radius 1 is 1.04 bits per heavy atom. The number of aryl methyl sites for hydroxylation is 1. The highest BCUT2D eigenvalue weighted by Crippen LogP contribution is 2.24. The molecule has 2 heterocycles. The molecule has 128 valence electrons. The van der Waals surface area contributed by atoms with Crippen LogP contribution in [-0.2, 0) is 13.6 Å². The van der Waals surface area contributed by atoms with Gasteiger partial charge in [0.15, 0.2) is 0 Å². The number of benzene rings is 2. The molecule has 0 aliphatic carbocycles. The first kappa shape index (κ1) is 16.1. The first-order valence-corrected chi connectivity index (χ1v) is 8.87. The van der Waals surface area contributed by atoms with Crippen LogP contribution in [0.25, 0.3) is 11.1 Å². The van der Waals surface area contributed by atoms with Gasteiger partial charge >= 0.3 is 0 Å². The molecule has 1 saturated heterocycles. The molecule has 4 nitrogen and oxygen atoms in total. The van der Waals surface area contributed by atoms with Gasteiger partial charge in [0.2, 0.25) is 0 Å². The van der Waals surface area contributed by atoms with E-state index in [4.69, 9.17) is 0 Å². The normalized spacial score (nSPS) is 18.4. The molecule has 2 aromatic carbocycles. The number of nitrogens with one attached hydrogen (secondary N) is 1. The minimum absolute atomic E-state index is 0.322. The second kappa shape index (κ2) is 7.21. The highest BCUT2D eigenvalue weighted by molar-refractivity contribution is 5.63. The van der Waals surface area contributed by atoms with Gasteiger partial charge in [-0.3, -0.25) is 4.90 Å². The third-order valence-corrected chi connectivity index (χ3v) is 4.96. The molecule has 1 aliphatic rings. The minimum atomic E-state index is 0.322. The van der Waals surface area contributed by atoms with Crippen molar-refractivity contribution in [1.29, 1.82) is 0 Å². The molecule has 0 saturated carbocycles. The SMILES string of the molecule is Cn1ccnc1C1CNCCN1Cc1ccc(-c2ccccc2)cc1. The lowest BCUT2D eigenvalue weighted by Crippen LogP contribution is -2.46. The monoisotopic (exact) mass is 332 g/mol. The maximum atomic E-state index is 4.57. The molecule has 1 aliphatic heterocycles. The average molecular weight is 332 g/mol. The molecule has 0 radical (unpaired) electrons. The average Bonchev–Trinajstić information content (AvgIpc) is 3.09. The van der Waals surface area contributed by atoms with E-state index in [0.717, 1.165) is 32.0 Å². The van der Waals surface area contributed by atoms with E-state index in [2.05, 4.69) is 81.4 Å². The summed E-state index contributed by atoms with van der Waals surface area (Å²) in [5.41, 5.74) is 3.88. The Bertz CT molecular complexity index is 807. The smallest absolute Gasteiger partial charge is 0.127 e. The molecule has 4 rings (SSSR count). The highest BCUT2D eigenvalue weighted by atomic mass is 15.3. The van der Waals surface area contributed by atoms with Gasteiger partial charge in [-0.2, -0.15) is 0 Å². The second-order valence-electron chi connectivity index (χ2n) is 6.65. The maximum Gasteiger partial charge on any atom is 0.127 e. The van der Waals surface area contributed by atoms with Gasteiger partial charge in [0, 0.05) is 45.6 Å². The lowest BCUT2D eigenvalue weighted by molar-refractivity contribution is 0.145. The maximum absolute atomic E-state index is 4.57. The van der Waals surface area contributed by atoms with E-state index < -0.39 is 0 Å². The molecule has 1 aromatic heterocycles. The van der Waals surface area contributed by atoms with Crippen LogP contribution in [0.1, 0.15) is 17.4 Å². The third-order valence-electron chi connectivity index (χ3n) is 4.96. The lowest BCUT2D eigenvalue weighted by Gasteiger charge is -2.35. The van der Waals surface area contributed by atoms with Crippen LogP contribution in [0.4, 0.5) is 0 Å². The zero-order chi connectivity index (χ0) is 17.1. The van der Waals surface area contributed by atoms with E-state index in [9.17, 15) is 0 Å². The summed E-state index contributed by atoms with van der Waals surface area (Å²) in [5, 5.41) is 3.50. The van der Waals surface area contributed by atoms with Crippen molar-refractivity contribution in [3.05, 3.63) is 78.4 Å². The summed E-state index contributed by atoms with van der Waals surface area (Å²) in [7, 11) is 2.07. The zero-order valence-corrected chi connectivity index (χ0v) is 14.6. The number of nitrogens with zero attached hydrogens (tertiary/aromatic N) is 3. The molecular formula is C21H24N4. The van der Waals surface area contributed by atoms with E-state index in [1.165, 1.54) is 16.7 Å². The Morgan fingerprint density at radius 3 is 2.52 bits per heavy atom. The molecule has 1 atom stereocenters. The molecule has 3 aromatic rings. The number of hydrogen-bond donors (Lipinski definition) is 1. The van der Waals surface area contributed by atoms with Crippen LogP contribution in [0.5, 0.6) is 0 Å². The van der Waals surface area contributed by atoms with Gasteiger partial charge < -0.3 is 9.88 Å². The Hall–Kier alpha value is -2.43. The molecule has 0 spiro atoms. The van der Waals surface area contributed by atoms with E-state index in [0.29, 0.717) is 6.04 Å². The third kappa shape index (κ3) is 3.50. The fourth-order valence-electron chi connectivity index (χ4n) is 3.56. The Morgan fingerprint density at radius 2 is 1.80 bits per heavy atom. The predicted molar refractivity (Wildman–Crippen MR) is 101 cm³/mol. The quantitative estimate of drug-likeness (QED) is 0.796. The van der Waals surface area contributed by atoms with Crippen molar-refractivity contribution >= 4 is 0 Å². The van der Waals surface area contributed by atoms with Crippen LogP contribution < -0.4 is 5.32 Å². The van der Waals surface area contributed by atoms with Gasteiger partial charge in [0.25, 0.3) is 0 Å². The molecule has 0 amide bonds. The van der Waals surface area contributed by atoms with Crippen LogP contribution in [0.2, 0.25) is 0 Å². The highest BCUT2D eigenvalue weighted by Gasteiger charge is 2.26. The summed E-state index contributed by atoms with van der Waals surface area (Å²) in [4.78, 5) is 7.09. The van der Waals surface area contributed by atoms with Crippen molar-refractivity contribution in [1.82, 2.24) is 19.8 Å². The number of piperazine rings is 1.